The fraction of sp³-hybridized carbons (Fsp3) is 0.500. The van der Waals surface area contributed by atoms with Gasteiger partial charge in [0, 0.05) is 49.9 Å². The summed E-state index contributed by atoms with van der Waals surface area (Å²) in [5, 5.41) is 3.28. The lowest BCUT2D eigenvalue weighted by molar-refractivity contribution is -0.117. The van der Waals surface area contributed by atoms with Crippen LogP contribution in [-0.4, -0.2) is 48.9 Å². The van der Waals surface area contributed by atoms with Crippen LogP contribution in [0.25, 0.3) is 0 Å². The highest BCUT2D eigenvalue weighted by molar-refractivity contribution is 5.97. The van der Waals surface area contributed by atoms with E-state index >= 15 is 0 Å². The maximum Gasteiger partial charge on any atom is 0.254 e. The first-order chi connectivity index (χ1) is 10.2. The Morgan fingerprint density at radius 3 is 2.55 bits per heavy atom. The zero-order valence-corrected chi connectivity index (χ0v) is 13.6. The summed E-state index contributed by atoms with van der Waals surface area (Å²) in [5.41, 5.74) is 1.58. The van der Waals surface area contributed by atoms with Crippen molar-refractivity contribution in [3.63, 3.8) is 0 Å². The summed E-state index contributed by atoms with van der Waals surface area (Å²) in [4.78, 5) is 28.0. The van der Waals surface area contributed by atoms with Crippen molar-refractivity contribution in [2.24, 2.45) is 0 Å². The number of carbonyl (C=O) groups is 2. The van der Waals surface area contributed by atoms with E-state index in [0.717, 1.165) is 38.3 Å². The smallest absolute Gasteiger partial charge is 0.254 e. The third-order valence-electron chi connectivity index (χ3n) is 4.26. The SMILES string of the molecule is C[C@@H]1CNCCN1C(=O)c1ccc(N2CCCC2=O)cc1.Cl. The van der Waals surface area contributed by atoms with Gasteiger partial charge < -0.3 is 15.1 Å². The molecule has 0 aromatic heterocycles. The molecule has 0 radical (unpaired) electrons. The van der Waals surface area contributed by atoms with E-state index in [-0.39, 0.29) is 30.3 Å². The molecule has 0 unspecified atom stereocenters. The Morgan fingerprint density at radius 1 is 1.23 bits per heavy atom. The van der Waals surface area contributed by atoms with Crippen LogP contribution in [0, 0.1) is 0 Å². The van der Waals surface area contributed by atoms with Crippen LogP contribution in [0.2, 0.25) is 0 Å². The summed E-state index contributed by atoms with van der Waals surface area (Å²) < 4.78 is 0. The van der Waals surface area contributed by atoms with Gasteiger partial charge in [0.25, 0.3) is 5.91 Å². The monoisotopic (exact) mass is 323 g/mol. The van der Waals surface area contributed by atoms with Gasteiger partial charge in [0.1, 0.15) is 0 Å². The second-order valence-electron chi connectivity index (χ2n) is 5.75. The predicted molar refractivity (Wildman–Crippen MR) is 88.6 cm³/mol. The van der Waals surface area contributed by atoms with Crippen LogP contribution < -0.4 is 10.2 Å². The molecule has 22 heavy (non-hydrogen) atoms. The normalized spacial score (nSPS) is 21.7. The zero-order chi connectivity index (χ0) is 14.8. The van der Waals surface area contributed by atoms with Gasteiger partial charge in [0.15, 0.2) is 0 Å². The number of nitrogens with zero attached hydrogens (tertiary/aromatic N) is 2. The van der Waals surface area contributed by atoms with Gasteiger partial charge in [-0.15, -0.1) is 12.4 Å². The molecule has 1 atom stereocenters. The maximum atomic E-state index is 12.5. The van der Waals surface area contributed by atoms with Crippen molar-refractivity contribution in [1.29, 1.82) is 0 Å². The lowest BCUT2D eigenvalue weighted by Gasteiger charge is -2.34. The molecule has 0 saturated carbocycles. The Bertz CT molecular complexity index is 547. The Kier molecular flexibility index (Phi) is 5.42. The molecule has 2 saturated heterocycles. The molecule has 3 rings (SSSR count). The number of amides is 2. The van der Waals surface area contributed by atoms with E-state index < -0.39 is 0 Å². The molecular weight excluding hydrogens is 302 g/mol. The van der Waals surface area contributed by atoms with Crippen molar-refractivity contribution in [3.8, 4) is 0 Å². The van der Waals surface area contributed by atoms with Crippen LogP contribution in [-0.2, 0) is 4.79 Å². The van der Waals surface area contributed by atoms with Crippen molar-refractivity contribution in [2.75, 3.05) is 31.1 Å². The van der Waals surface area contributed by atoms with E-state index in [1.807, 2.05) is 29.2 Å². The summed E-state index contributed by atoms with van der Waals surface area (Å²) >= 11 is 0. The van der Waals surface area contributed by atoms with Gasteiger partial charge in [0.05, 0.1) is 0 Å². The number of carbonyl (C=O) groups excluding carboxylic acids is 2. The van der Waals surface area contributed by atoms with Crippen LogP contribution in [0.1, 0.15) is 30.1 Å². The largest absolute Gasteiger partial charge is 0.333 e. The summed E-state index contributed by atoms with van der Waals surface area (Å²) in [6, 6.07) is 7.63. The molecule has 120 valence electrons. The summed E-state index contributed by atoms with van der Waals surface area (Å²) in [6.45, 7) is 5.26. The van der Waals surface area contributed by atoms with E-state index in [1.165, 1.54) is 0 Å². The fourth-order valence-corrected chi connectivity index (χ4v) is 3.01. The molecule has 2 amide bonds. The van der Waals surface area contributed by atoms with E-state index in [0.29, 0.717) is 12.0 Å². The number of rotatable bonds is 2. The van der Waals surface area contributed by atoms with Gasteiger partial charge in [0.2, 0.25) is 5.91 Å². The molecule has 5 nitrogen and oxygen atoms in total. The van der Waals surface area contributed by atoms with Gasteiger partial charge in [-0.1, -0.05) is 0 Å². The number of piperazine rings is 1. The molecule has 1 N–H and O–H groups in total. The molecule has 2 aliphatic rings. The Labute approximate surface area is 137 Å². The van der Waals surface area contributed by atoms with Gasteiger partial charge in [-0.3, -0.25) is 9.59 Å². The second kappa shape index (κ2) is 7.11. The lowest BCUT2D eigenvalue weighted by Crippen LogP contribution is -2.52. The molecule has 0 bridgehead atoms. The molecule has 1 aromatic carbocycles. The molecule has 1 aromatic rings. The molecule has 2 heterocycles. The van der Waals surface area contributed by atoms with Crippen LogP contribution >= 0.6 is 12.4 Å². The highest BCUT2D eigenvalue weighted by atomic mass is 35.5. The minimum atomic E-state index is 0. The fourth-order valence-electron chi connectivity index (χ4n) is 3.01. The van der Waals surface area contributed by atoms with E-state index in [1.54, 1.807) is 4.90 Å². The van der Waals surface area contributed by atoms with Crippen LogP contribution in [0.5, 0.6) is 0 Å². The number of benzene rings is 1. The van der Waals surface area contributed by atoms with E-state index in [4.69, 9.17) is 0 Å². The minimum absolute atomic E-state index is 0. The number of nitrogens with one attached hydrogen (secondary N) is 1. The summed E-state index contributed by atoms with van der Waals surface area (Å²) in [6.07, 6.45) is 1.54. The first-order valence-corrected chi connectivity index (χ1v) is 7.59. The number of anilines is 1. The molecule has 0 aliphatic carbocycles. The number of hydrogen-bond acceptors (Lipinski definition) is 3. The number of halogens is 1. The quantitative estimate of drug-likeness (QED) is 0.900. The predicted octanol–water partition coefficient (Wildman–Crippen LogP) is 1.67. The summed E-state index contributed by atoms with van der Waals surface area (Å²) in [7, 11) is 0. The van der Waals surface area contributed by atoms with Gasteiger partial charge in [-0.05, 0) is 37.6 Å². The standard InChI is InChI=1S/C16H21N3O2.ClH/c1-12-11-17-8-10-18(12)16(21)13-4-6-14(7-5-13)19-9-2-3-15(19)20;/h4-7,12,17H,2-3,8-11H2,1H3;1H/t12-;/m1./s1. The van der Waals surface area contributed by atoms with E-state index in [9.17, 15) is 9.59 Å². The highest BCUT2D eigenvalue weighted by Crippen LogP contribution is 2.22. The van der Waals surface area contributed by atoms with Crippen molar-refractivity contribution >= 4 is 29.9 Å². The third kappa shape index (κ3) is 3.25. The van der Waals surface area contributed by atoms with Crippen molar-refractivity contribution < 1.29 is 9.59 Å². The molecule has 6 heteroatoms. The molecule has 2 aliphatic heterocycles. The van der Waals surface area contributed by atoms with Crippen LogP contribution in [0.3, 0.4) is 0 Å². The molecule has 2 fully saturated rings. The minimum Gasteiger partial charge on any atom is -0.333 e. The van der Waals surface area contributed by atoms with Gasteiger partial charge in [-0.25, -0.2) is 0 Å². The zero-order valence-electron chi connectivity index (χ0n) is 12.7. The Hall–Kier alpha value is -1.59. The van der Waals surface area contributed by atoms with Crippen molar-refractivity contribution in [1.82, 2.24) is 10.2 Å². The van der Waals surface area contributed by atoms with Gasteiger partial charge >= 0.3 is 0 Å². The number of hydrogen-bond donors (Lipinski definition) is 1. The van der Waals surface area contributed by atoms with Crippen LogP contribution in [0.4, 0.5) is 5.69 Å². The highest BCUT2D eigenvalue weighted by Gasteiger charge is 2.25. The van der Waals surface area contributed by atoms with Crippen molar-refractivity contribution in [3.05, 3.63) is 29.8 Å². The van der Waals surface area contributed by atoms with Crippen LogP contribution in [0.15, 0.2) is 24.3 Å². The average Bonchev–Trinajstić information content (AvgIpc) is 2.93. The van der Waals surface area contributed by atoms with Gasteiger partial charge in [-0.2, -0.15) is 0 Å². The second-order valence-corrected chi connectivity index (χ2v) is 5.75. The maximum absolute atomic E-state index is 12.5. The molecule has 0 spiro atoms. The topological polar surface area (TPSA) is 52.7 Å². The first-order valence-electron chi connectivity index (χ1n) is 7.59. The molecular formula is C16H22ClN3O2. The lowest BCUT2D eigenvalue weighted by atomic mass is 10.1. The summed E-state index contributed by atoms with van der Waals surface area (Å²) in [5.74, 6) is 0.244. The third-order valence-corrected chi connectivity index (χ3v) is 4.26. The first kappa shape index (κ1) is 16.8. The Morgan fingerprint density at radius 2 is 1.95 bits per heavy atom. The van der Waals surface area contributed by atoms with E-state index in [2.05, 4.69) is 12.2 Å². The van der Waals surface area contributed by atoms with Crippen molar-refractivity contribution in [2.45, 2.75) is 25.8 Å². The average molecular weight is 324 g/mol. The Balaban J connectivity index is 0.00000176.